The SMILES string of the molecule is Nc1ccc(OCCOc2ccc3ccccc3c2)cc1. The first-order chi connectivity index (χ1) is 10.3. The molecule has 2 N–H and O–H groups in total. The van der Waals surface area contributed by atoms with Gasteiger partial charge in [-0.1, -0.05) is 30.3 Å². The maximum atomic E-state index is 5.71. The Bertz CT molecular complexity index is 723. The number of fused-ring (bicyclic) bond motifs is 1. The van der Waals surface area contributed by atoms with Crippen LogP contribution in [-0.2, 0) is 0 Å². The molecule has 0 amide bonds. The summed E-state index contributed by atoms with van der Waals surface area (Å²) in [6, 6.07) is 21.6. The molecule has 0 saturated heterocycles. The lowest BCUT2D eigenvalue weighted by molar-refractivity contribution is 0.217. The minimum atomic E-state index is 0.497. The van der Waals surface area contributed by atoms with Crippen LogP contribution in [0.5, 0.6) is 11.5 Å². The van der Waals surface area contributed by atoms with Gasteiger partial charge in [0.25, 0.3) is 0 Å². The van der Waals surface area contributed by atoms with Crippen LogP contribution in [-0.4, -0.2) is 13.2 Å². The van der Waals surface area contributed by atoms with E-state index < -0.39 is 0 Å². The lowest BCUT2D eigenvalue weighted by Crippen LogP contribution is -2.08. The fraction of sp³-hybridized carbons (Fsp3) is 0.111. The van der Waals surface area contributed by atoms with Gasteiger partial charge in [-0.25, -0.2) is 0 Å². The molecule has 0 radical (unpaired) electrons. The van der Waals surface area contributed by atoms with E-state index in [1.807, 2.05) is 48.5 Å². The first-order valence-electron chi connectivity index (χ1n) is 6.91. The Labute approximate surface area is 123 Å². The fourth-order valence-corrected chi connectivity index (χ4v) is 2.14. The predicted molar refractivity (Wildman–Crippen MR) is 85.8 cm³/mol. The molecule has 0 atom stereocenters. The molecular formula is C18H17NO2. The Morgan fingerprint density at radius 2 is 1.29 bits per heavy atom. The monoisotopic (exact) mass is 279 g/mol. The molecule has 21 heavy (non-hydrogen) atoms. The summed E-state index contributed by atoms with van der Waals surface area (Å²) in [5, 5.41) is 2.39. The van der Waals surface area contributed by atoms with Gasteiger partial charge in [0.15, 0.2) is 0 Å². The third-order valence-electron chi connectivity index (χ3n) is 3.22. The van der Waals surface area contributed by atoms with Crippen molar-refractivity contribution in [3.05, 3.63) is 66.7 Å². The molecular weight excluding hydrogens is 262 g/mol. The van der Waals surface area contributed by atoms with E-state index in [0.29, 0.717) is 13.2 Å². The van der Waals surface area contributed by atoms with Crippen LogP contribution in [0.15, 0.2) is 66.7 Å². The molecule has 106 valence electrons. The van der Waals surface area contributed by atoms with Crippen molar-refractivity contribution in [3.8, 4) is 11.5 Å². The van der Waals surface area contributed by atoms with Crippen LogP contribution in [0.25, 0.3) is 10.8 Å². The number of rotatable bonds is 5. The van der Waals surface area contributed by atoms with Gasteiger partial charge in [0.2, 0.25) is 0 Å². The summed E-state index contributed by atoms with van der Waals surface area (Å²) in [6.07, 6.45) is 0. The number of benzene rings is 3. The minimum Gasteiger partial charge on any atom is -0.490 e. The zero-order valence-electron chi connectivity index (χ0n) is 11.7. The van der Waals surface area contributed by atoms with Gasteiger partial charge in [0, 0.05) is 5.69 Å². The fourth-order valence-electron chi connectivity index (χ4n) is 2.14. The molecule has 0 fully saturated rings. The second kappa shape index (κ2) is 6.18. The average Bonchev–Trinajstić information content (AvgIpc) is 2.53. The second-order valence-electron chi connectivity index (χ2n) is 4.77. The van der Waals surface area contributed by atoms with E-state index in [9.17, 15) is 0 Å². The van der Waals surface area contributed by atoms with Crippen LogP contribution in [0.3, 0.4) is 0 Å². The molecule has 0 aliphatic heterocycles. The van der Waals surface area contributed by atoms with Crippen LogP contribution >= 0.6 is 0 Å². The molecule has 0 aromatic heterocycles. The standard InChI is InChI=1S/C18H17NO2/c19-16-6-9-17(10-7-16)20-11-12-21-18-8-5-14-3-1-2-4-15(14)13-18/h1-10,13H,11-12,19H2. The molecule has 0 bridgehead atoms. The van der Waals surface area contributed by atoms with E-state index in [-0.39, 0.29) is 0 Å². The second-order valence-corrected chi connectivity index (χ2v) is 4.77. The lowest BCUT2D eigenvalue weighted by Gasteiger charge is -2.09. The van der Waals surface area contributed by atoms with Gasteiger partial charge in [0.1, 0.15) is 24.7 Å². The molecule has 3 nitrogen and oxygen atoms in total. The van der Waals surface area contributed by atoms with Crippen molar-refractivity contribution >= 4 is 16.5 Å². The van der Waals surface area contributed by atoms with E-state index in [2.05, 4.69) is 18.2 Å². The van der Waals surface area contributed by atoms with Crippen molar-refractivity contribution in [2.75, 3.05) is 18.9 Å². The number of ether oxygens (including phenoxy) is 2. The highest BCUT2D eigenvalue weighted by Crippen LogP contribution is 2.20. The summed E-state index contributed by atoms with van der Waals surface area (Å²) in [7, 11) is 0. The van der Waals surface area contributed by atoms with E-state index >= 15 is 0 Å². The third kappa shape index (κ3) is 3.45. The van der Waals surface area contributed by atoms with Crippen molar-refractivity contribution in [3.63, 3.8) is 0 Å². The number of nitrogens with two attached hydrogens (primary N) is 1. The van der Waals surface area contributed by atoms with Crippen LogP contribution in [0.1, 0.15) is 0 Å². The lowest BCUT2D eigenvalue weighted by atomic mass is 10.1. The Morgan fingerprint density at radius 1 is 0.667 bits per heavy atom. The van der Waals surface area contributed by atoms with E-state index in [0.717, 1.165) is 17.2 Å². The highest BCUT2D eigenvalue weighted by atomic mass is 16.5. The molecule has 3 aromatic rings. The summed E-state index contributed by atoms with van der Waals surface area (Å²) < 4.78 is 11.3. The summed E-state index contributed by atoms with van der Waals surface area (Å²) in [5.41, 5.74) is 6.35. The maximum absolute atomic E-state index is 5.71. The van der Waals surface area contributed by atoms with E-state index in [1.165, 1.54) is 10.8 Å². The number of anilines is 1. The highest BCUT2D eigenvalue weighted by molar-refractivity contribution is 5.83. The number of hydrogen-bond acceptors (Lipinski definition) is 3. The maximum Gasteiger partial charge on any atom is 0.122 e. The van der Waals surface area contributed by atoms with E-state index in [4.69, 9.17) is 15.2 Å². The largest absolute Gasteiger partial charge is 0.490 e. The zero-order chi connectivity index (χ0) is 14.5. The van der Waals surface area contributed by atoms with Gasteiger partial charge >= 0.3 is 0 Å². The third-order valence-corrected chi connectivity index (χ3v) is 3.22. The van der Waals surface area contributed by atoms with E-state index in [1.54, 1.807) is 0 Å². The molecule has 0 aliphatic rings. The quantitative estimate of drug-likeness (QED) is 0.569. The smallest absolute Gasteiger partial charge is 0.122 e. The Balaban J connectivity index is 1.53. The predicted octanol–water partition coefficient (Wildman–Crippen LogP) is 3.88. The Hall–Kier alpha value is -2.68. The normalized spacial score (nSPS) is 10.5. The Kier molecular flexibility index (Phi) is 3.92. The van der Waals surface area contributed by atoms with Crippen LogP contribution < -0.4 is 15.2 Å². The number of nitrogen functional groups attached to an aromatic ring is 1. The topological polar surface area (TPSA) is 44.5 Å². The summed E-state index contributed by atoms with van der Waals surface area (Å²) in [4.78, 5) is 0. The van der Waals surface area contributed by atoms with Crippen molar-refractivity contribution in [1.82, 2.24) is 0 Å². The highest BCUT2D eigenvalue weighted by Gasteiger charge is 1.98. The van der Waals surface area contributed by atoms with Crippen molar-refractivity contribution in [1.29, 1.82) is 0 Å². The van der Waals surface area contributed by atoms with Gasteiger partial charge < -0.3 is 15.2 Å². The summed E-state index contributed by atoms with van der Waals surface area (Å²) >= 11 is 0. The van der Waals surface area contributed by atoms with Gasteiger partial charge in [-0.3, -0.25) is 0 Å². The van der Waals surface area contributed by atoms with Gasteiger partial charge in [-0.05, 0) is 47.2 Å². The first kappa shape index (κ1) is 13.3. The molecule has 3 rings (SSSR count). The Morgan fingerprint density at radius 3 is 2.05 bits per heavy atom. The van der Waals surface area contributed by atoms with Crippen molar-refractivity contribution < 1.29 is 9.47 Å². The molecule has 0 heterocycles. The van der Waals surface area contributed by atoms with Crippen molar-refractivity contribution in [2.24, 2.45) is 0 Å². The van der Waals surface area contributed by atoms with Gasteiger partial charge in [-0.15, -0.1) is 0 Å². The zero-order valence-corrected chi connectivity index (χ0v) is 11.7. The van der Waals surface area contributed by atoms with Crippen molar-refractivity contribution in [2.45, 2.75) is 0 Å². The minimum absolute atomic E-state index is 0.497. The molecule has 0 spiro atoms. The van der Waals surface area contributed by atoms with Crippen LogP contribution in [0.2, 0.25) is 0 Å². The van der Waals surface area contributed by atoms with Crippen LogP contribution in [0, 0.1) is 0 Å². The molecule has 0 aliphatic carbocycles. The molecule has 3 aromatic carbocycles. The van der Waals surface area contributed by atoms with Gasteiger partial charge in [0.05, 0.1) is 0 Å². The first-order valence-corrected chi connectivity index (χ1v) is 6.91. The summed E-state index contributed by atoms with van der Waals surface area (Å²) in [5.74, 6) is 1.65. The summed E-state index contributed by atoms with van der Waals surface area (Å²) in [6.45, 7) is 0.999. The molecule has 0 unspecified atom stereocenters. The average molecular weight is 279 g/mol. The number of hydrogen-bond donors (Lipinski definition) is 1. The van der Waals surface area contributed by atoms with Gasteiger partial charge in [-0.2, -0.15) is 0 Å². The molecule has 0 saturated carbocycles. The molecule has 3 heteroatoms. The van der Waals surface area contributed by atoms with Crippen LogP contribution in [0.4, 0.5) is 5.69 Å².